The largest absolute Gasteiger partial charge is 0.493 e. The Morgan fingerprint density at radius 1 is 1.14 bits per heavy atom. The summed E-state index contributed by atoms with van der Waals surface area (Å²) in [6.07, 6.45) is 0. The van der Waals surface area contributed by atoms with Crippen molar-refractivity contribution < 1.29 is 28.2 Å². The van der Waals surface area contributed by atoms with Crippen molar-refractivity contribution in [1.82, 2.24) is 0 Å². The molecule has 0 saturated carbocycles. The molecule has 0 aliphatic rings. The number of benzene rings is 2. The summed E-state index contributed by atoms with van der Waals surface area (Å²) in [5, 5.41) is 8.88. The Kier molecular flexibility index (Phi) is 4.37. The molecule has 0 heterocycles. The minimum atomic E-state index is -1.11. The summed E-state index contributed by atoms with van der Waals surface area (Å²) < 4.78 is 37.3. The molecule has 0 amide bonds. The third kappa shape index (κ3) is 3.28. The van der Waals surface area contributed by atoms with E-state index in [4.69, 9.17) is 14.6 Å². The molecule has 110 valence electrons. The monoisotopic (exact) mass is 294 g/mol. The molecule has 4 nitrogen and oxygen atoms in total. The van der Waals surface area contributed by atoms with E-state index in [0.717, 1.165) is 12.1 Å². The van der Waals surface area contributed by atoms with Crippen LogP contribution in [0.1, 0.15) is 15.9 Å². The van der Waals surface area contributed by atoms with Gasteiger partial charge in [0.15, 0.2) is 11.5 Å². The maximum absolute atomic E-state index is 13.5. The first kappa shape index (κ1) is 14.8. The lowest BCUT2D eigenvalue weighted by atomic mass is 10.2. The first-order valence-electron chi connectivity index (χ1n) is 6.00. The van der Waals surface area contributed by atoms with Gasteiger partial charge in [-0.15, -0.1) is 0 Å². The fourth-order valence-corrected chi connectivity index (χ4v) is 1.74. The van der Waals surface area contributed by atoms with Crippen molar-refractivity contribution in [2.45, 2.75) is 6.61 Å². The number of aromatic carboxylic acids is 1. The molecule has 0 saturated heterocycles. The van der Waals surface area contributed by atoms with Gasteiger partial charge in [0.2, 0.25) is 0 Å². The van der Waals surface area contributed by atoms with Crippen LogP contribution in [0, 0.1) is 11.6 Å². The second-order valence-electron chi connectivity index (χ2n) is 4.16. The van der Waals surface area contributed by atoms with Crippen molar-refractivity contribution in [3.63, 3.8) is 0 Å². The smallest absolute Gasteiger partial charge is 0.335 e. The molecule has 1 N–H and O–H groups in total. The zero-order chi connectivity index (χ0) is 15.4. The van der Waals surface area contributed by atoms with E-state index in [9.17, 15) is 13.6 Å². The van der Waals surface area contributed by atoms with Crippen LogP contribution in [-0.4, -0.2) is 18.2 Å². The predicted molar refractivity (Wildman–Crippen MR) is 70.6 cm³/mol. The van der Waals surface area contributed by atoms with Gasteiger partial charge in [0.25, 0.3) is 0 Å². The lowest BCUT2D eigenvalue weighted by Crippen LogP contribution is -2.04. The molecule has 0 spiro atoms. The van der Waals surface area contributed by atoms with Gasteiger partial charge < -0.3 is 14.6 Å². The number of carbonyl (C=O) groups is 1. The van der Waals surface area contributed by atoms with Crippen LogP contribution in [0.5, 0.6) is 11.5 Å². The number of methoxy groups -OCH3 is 1. The Bertz CT molecular complexity index is 650. The summed E-state index contributed by atoms with van der Waals surface area (Å²) in [5.74, 6) is -2.16. The molecule has 0 aromatic heterocycles. The molecule has 0 radical (unpaired) electrons. The zero-order valence-corrected chi connectivity index (χ0v) is 11.1. The van der Waals surface area contributed by atoms with E-state index in [2.05, 4.69) is 0 Å². The Hall–Kier alpha value is -2.63. The van der Waals surface area contributed by atoms with Gasteiger partial charge in [-0.1, -0.05) is 6.07 Å². The number of rotatable bonds is 5. The second-order valence-corrected chi connectivity index (χ2v) is 4.16. The molecule has 0 bridgehead atoms. The quantitative estimate of drug-likeness (QED) is 0.919. The van der Waals surface area contributed by atoms with Crippen molar-refractivity contribution >= 4 is 5.97 Å². The van der Waals surface area contributed by atoms with E-state index in [-0.39, 0.29) is 29.2 Å². The average molecular weight is 294 g/mol. The Morgan fingerprint density at radius 2 is 1.81 bits per heavy atom. The van der Waals surface area contributed by atoms with Crippen molar-refractivity contribution in [1.29, 1.82) is 0 Å². The standard InChI is InChI=1S/C15H12F2O4/c1-20-14-7-9(15(18)19)5-6-13(14)21-8-10-11(16)3-2-4-12(10)17/h2-7H,8H2,1H3,(H,18,19). The van der Waals surface area contributed by atoms with Crippen LogP contribution in [0.2, 0.25) is 0 Å². The second kappa shape index (κ2) is 6.21. The zero-order valence-electron chi connectivity index (χ0n) is 11.1. The van der Waals surface area contributed by atoms with E-state index in [1.54, 1.807) is 0 Å². The third-order valence-corrected chi connectivity index (χ3v) is 2.84. The molecule has 2 aromatic rings. The molecule has 6 heteroatoms. The van der Waals surface area contributed by atoms with Crippen LogP contribution in [0.4, 0.5) is 8.78 Å². The molecule has 0 atom stereocenters. The van der Waals surface area contributed by atoms with Gasteiger partial charge in [0.05, 0.1) is 18.2 Å². The van der Waals surface area contributed by atoms with Gasteiger partial charge in [-0.2, -0.15) is 0 Å². The van der Waals surface area contributed by atoms with Gasteiger partial charge in [0, 0.05) is 0 Å². The van der Waals surface area contributed by atoms with Crippen LogP contribution in [-0.2, 0) is 6.61 Å². The maximum Gasteiger partial charge on any atom is 0.335 e. The molecule has 2 rings (SSSR count). The highest BCUT2D eigenvalue weighted by atomic mass is 19.1. The van der Waals surface area contributed by atoms with E-state index >= 15 is 0 Å². The molecule has 21 heavy (non-hydrogen) atoms. The van der Waals surface area contributed by atoms with Crippen LogP contribution < -0.4 is 9.47 Å². The number of hydrogen-bond donors (Lipinski definition) is 1. The minimum absolute atomic E-state index is 0.0243. The topological polar surface area (TPSA) is 55.8 Å². The van der Waals surface area contributed by atoms with Crippen LogP contribution in [0.3, 0.4) is 0 Å². The van der Waals surface area contributed by atoms with E-state index in [1.165, 1.54) is 31.4 Å². The van der Waals surface area contributed by atoms with E-state index in [1.807, 2.05) is 0 Å². The molecule has 0 aliphatic heterocycles. The molecule has 2 aromatic carbocycles. The van der Waals surface area contributed by atoms with E-state index < -0.39 is 17.6 Å². The molecule has 0 unspecified atom stereocenters. The highest BCUT2D eigenvalue weighted by molar-refractivity contribution is 5.88. The van der Waals surface area contributed by atoms with Gasteiger partial charge in [-0.3, -0.25) is 0 Å². The van der Waals surface area contributed by atoms with Gasteiger partial charge >= 0.3 is 5.97 Å². The summed E-state index contributed by atoms with van der Waals surface area (Å²) >= 11 is 0. The van der Waals surface area contributed by atoms with Crippen molar-refractivity contribution in [3.05, 3.63) is 59.2 Å². The summed E-state index contributed by atoms with van der Waals surface area (Å²) in [6, 6.07) is 7.49. The van der Waals surface area contributed by atoms with Crippen molar-refractivity contribution in [2.24, 2.45) is 0 Å². The first-order chi connectivity index (χ1) is 10.0. The third-order valence-electron chi connectivity index (χ3n) is 2.84. The van der Waals surface area contributed by atoms with Gasteiger partial charge in [-0.25, -0.2) is 13.6 Å². The summed E-state index contributed by atoms with van der Waals surface area (Å²) in [4.78, 5) is 10.9. The highest BCUT2D eigenvalue weighted by Crippen LogP contribution is 2.29. The molecule has 0 fully saturated rings. The summed E-state index contributed by atoms with van der Waals surface area (Å²) in [6.45, 7) is -0.332. The Labute approximate surface area is 119 Å². The number of carboxylic acid groups (broad SMARTS) is 1. The lowest BCUT2D eigenvalue weighted by molar-refractivity contribution is 0.0696. The van der Waals surface area contributed by atoms with Crippen LogP contribution in [0.25, 0.3) is 0 Å². The average Bonchev–Trinajstić information content (AvgIpc) is 2.46. The minimum Gasteiger partial charge on any atom is -0.493 e. The fraction of sp³-hybridized carbons (Fsp3) is 0.133. The predicted octanol–water partition coefficient (Wildman–Crippen LogP) is 3.25. The van der Waals surface area contributed by atoms with Crippen molar-refractivity contribution in [2.75, 3.05) is 7.11 Å². The summed E-state index contributed by atoms with van der Waals surface area (Å²) in [5.41, 5.74) is -0.182. The maximum atomic E-state index is 13.5. The van der Waals surface area contributed by atoms with Crippen LogP contribution in [0.15, 0.2) is 36.4 Å². The number of halogens is 2. The number of hydrogen-bond acceptors (Lipinski definition) is 3. The number of carboxylic acids is 1. The molecular formula is C15H12F2O4. The van der Waals surface area contributed by atoms with Gasteiger partial charge in [0.1, 0.15) is 18.2 Å². The van der Waals surface area contributed by atoms with E-state index in [0.29, 0.717) is 0 Å². The Morgan fingerprint density at radius 3 is 2.38 bits per heavy atom. The fourth-order valence-electron chi connectivity index (χ4n) is 1.74. The molecule has 0 aliphatic carbocycles. The first-order valence-corrected chi connectivity index (χ1v) is 6.00. The highest BCUT2D eigenvalue weighted by Gasteiger charge is 2.13. The SMILES string of the molecule is COc1cc(C(=O)O)ccc1OCc1c(F)cccc1F. The normalized spacial score (nSPS) is 10.2. The number of ether oxygens (including phenoxy) is 2. The van der Waals surface area contributed by atoms with Gasteiger partial charge in [-0.05, 0) is 30.3 Å². The molecular weight excluding hydrogens is 282 g/mol. The van der Waals surface area contributed by atoms with Crippen LogP contribution >= 0.6 is 0 Å². The summed E-state index contributed by atoms with van der Waals surface area (Å²) in [7, 11) is 1.34. The Balaban J connectivity index is 2.22. The lowest BCUT2D eigenvalue weighted by Gasteiger charge is -2.12. The van der Waals surface area contributed by atoms with Crippen molar-refractivity contribution in [3.8, 4) is 11.5 Å².